The summed E-state index contributed by atoms with van der Waals surface area (Å²) < 4.78 is 51.1. The first-order valence-corrected chi connectivity index (χ1v) is 11.5. The van der Waals surface area contributed by atoms with E-state index in [2.05, 4.69) is 20.7 Å². The van der Waals surface area contributed by atoms with E-state index < -0.39 is 36.5 Å². The molecule has 2 aromatic rings. The van der Waals surface area contributed by atoms with Gasteiger partial charge in [0, 0.05) is 12.1 Å². The molecule has 0 radical (unpaired) electrons. The number of carbonyl (C=O) groups is 2. The van der Waals surface area contributed by atoms with E-state index in [1.807, 2.05) is 0 Å². The number of carbonyl (C=O) groups excluding carboxylic acids is 2. The summed E-state index contributed by atoms with van der Waals surface area (Å²) in [7, 11) is 0. The van der Waals surface area contributed by atoms with Gasteiger partial charge in [-0.05, 0) is 58.3 Å². The second-order valence-electron chi connectivity index (χ2n) is 10.2. The number of nitrogens with zero attached hydrogens (tertiary/aromatic N) is 5. The van der Waals surface area contributed by atoms with Crippen LogP contribution in [0.15, 0.2) is 18.6 Å². The highest BCUT2D eigenvalue weighted by Gasteiger charge is 2.50. The van der Waals surface area contributed by atoms with Crippen molar-refractivity contribution >= 4 is 17.7 Å². The lowest BCUT2D eigenvalue weighted by Crippen LogP contribution is -2.41. The van der Waals surface area contributed by atoms with Crippen LogP contribution in [-0.4, -0.2) is 54.7 Å². The molecule has 2 fully saturated rings. The van der Waals surface area contributed by atoms with Crippen molar-refractivity contribution < 1.29 is 32.2 Å². The predicted molar refractivity (Wildman–Crippen MR) is 116 cm³/mol. The smallest absolute Gasteiger partial charge is 0.429 e. The average Bonchev–Trinajstić information content (AvgIpc) is 3.64. The third-order valence-corrected chi connectivity index (χ3v) is 5.81. The Morgan fingerprint density at radius 1 is 1.14 bits per heavy atom. The van der Waals surface area contributed by atoms with E-state index in [1.54, 1.807) is 20.8 Å². The number of hydrogen-bond acceptors (Lipinski definition) is 7. The maximum absolute atomic E-state index is 13.2. The van der Waals surface area contributed by atoms with Gasteiger partial charge in [0.2, 0.25) is 0 Å². The van der Waals surface area contributed by atoms with Crippen molar-refractivity contribution in [2.45, 2.75) is 77.4 Å². The molecule has 1 amide bonds. The minimum atomic E-state index is -4.44. The lowest BCUT2D eigenvalue weighted by Gasteiger charge is -2.27. The fourth-order valence-electron chi connectivity index (χ4n) is 4.12. The van der Waals surface area contributed by atoms with E-state index in [0.717, 1.165) is 30.4 Å². The molecular weight excluding hydrogens is 469 g/mol. The van der Waals surface area contributed by atoms with Crippen molar-refractivity contribution in [3.63, 3.8) is 0 Å². The number of aromatic nitrogens is 5. The molecular formula is C22H29F3N6O4. The van der Waals surface area contributed by atoms with Crippen LogP contribution in [0.5, 0.6) is 0 Å². The van der Waals surface area contributed by atoms with Crippen LogP contribution in [0, 0.1) is 17.8 Å². The van der Waals surface area contributed by atoms with E-state index in [9.17, 15) is 22.8 Å². The Morgan fingerprint density at radius 3 is 2.37 bits per heavy atom. The molecule has 10 nitrogen and oxygen atoms in total. The predicted octanol–water partition coefficient (Wildman–Crippen LogP) is 3.78. The Bertz CT molecular complexity index is 1040. The van der Waals surface area contributed by atoms with Crippen molar-refractivity contribution in [1.82, 2.24) is 24.8 Å². The molecule has 35 heavy (non-hydrogen) atoms. The number of halogens is 3. The van der Waals surface area contributed by atoms with Gasteiger partial charge in [0.1, 0.15) is 12.1 Å². The molecule has 2 aromatic heterocycles. The highest BCUT2D eigenvalue weighted by molar-refractivity contribution is 5.95. The molecule has 0 spiro atoms. The summed E-state index contributed by atoms with van der Waals surface area (Å²) in [6.45, 7) is 3.86. The zero-order chi connectivity index (χ0) is 25.4. The van der Waals surface area contributed by atoms with Gasteiger partial charge >= 0.3 is 12.3 Å². The minimum Gasteiger partial charge on any atom is -0.429 e. The van der Waals surface area contributed by atoms with Crippen molar-refractivity contribution in [2.75, 3.05) is 5.32 Å². The van der Waals surface area contributed by atoms with Gasteiger partial charge in [-0.25, -0.2) is 9.48 Å². The van der Waals surface area contributed by atoms with E-state index in [4.69, 9.17) is 9.47 Å². The number of rotatable bonds is 9. The average molecular weight is 499 g/mol. The Morgan fingerprint density at radius 2 is 1.80 bits per heavy atom. The highest BCUT2D eigenvalue weighted by atomic mass is 19.4. The van der Waals surface area contributed by atoms with E-state index >= 15 is 0 Å². The molecule has 2 aliphatic rings. The normalized spacial score (nSPS) is 17.3. The number of anilines is 1. The molecule has 2 saturated carbocycles. The molecule has 4 rings (SSSR count). The third kappa shape index (κ3) is 7.18. The van der Waals surface area contributed by atoms with Gasteiger partial charge in [0.25, 0.3) is 5.91 Å². The van der Waals surface area contributed by atoms with E-state index in [-0.39, 0.29) is 18.2 Å². The van der Waals surface area contributed by atoms with Crippen molar-refractivity contribution in [1.29, 1.82) is 0 Å². The van der Waals surface area contributed by atoms with Gasteiger partial charge in [0.05, 0.1) is 30.3 Å². The molecule has 1 N–H and O–H groups in total. The number of alkyl halides is 3. The molecule has 13 heteroatoms. The van der Waals surface area contributed by atoms with Crippen molar-refractivity contribution in [3.8, 4) is 0 Å². The topological polar surface area (TPSA) is 113 Å². The standard InChI is InChI=1S/C22H29F3N6O4/c1-21(2,3)35-20(33)34-18(17(13-4-5-13)14-6-7-14)19(32)28-15-8-27-30(10-15)11-16-9-26-29-31(16)12-22(23,24)25/h8-10,13-14,17-18H,4-7,11-12H2,1-3H3,(H,28,32)/t18-/m0/s1. The highest BCUT2D eigenvalue weighted by Crippen LogP contribution is 2.51. The number of ether oxygens (including phenoxy) is 2. The summed E-state index contributed by atoms with van der Waals surface area (Å²) >= 11 is 0. The van der Waals surface area contributed by atoms with E-state index in [1.165, 1.54) is 23.3 Å². The zero-order valence-electron chi connectivity index (χ0n) is 19.8. The Kier molecular flexibility index (Phi) is 6.78. The first kappa shape index (κ1) is 25.0. The van der Waals surface area contributed by atoms with Crippen LogP contribution in [0.3, 0.4) is 0 Å². The van der Waals surface area contributed by atoms with Crippen LogP contribution < -0.4 is 5.32 Å². The number of amides is 1. The molecule has 0 saturated heterocycles. The largest absolute Gasteiger partial charge is 0.509 e. The molecule has 0 aromatic carbocycles. The zero-order valence-corrected chi connectivity index (χ0v) is 19.8. The molecule has 2 aliphatic carbocycles. The molecule has 0 aliphatic heterocycles. The van der Waals surface area contributed by atoms with Gasteiger partial charge < -0.3 is 14.8 Å². The molecule has 2 heterocycles. The molecule has 0 bridgehead atoms. The number of nitrogens with one attached hydrogen (secondary N) is 1. The Balaban J connectivity index is 1.44. The van der Waals surface area contributed by atoms with Crippen LogP contribution >= 0.6 is 0 Å². The quantitative estimate of drug-likeness (QED) is 0.524. The van der Waals surface area contributed by atoms with Crippen LogP contribution in [0.1, 0.15) is 52.1 Å². The van der Waals surface area contributed by atoms with Gasteiger partial charge in [-0.1, -0.05) is 5.21 Å². The second-order valence-corrected chi connectivity index (χ2v) is 10.2. The van der Waals surface area contributed by atoms with Gasteiger partial charge in [-0.3, -0.25) is 9.48 Å². The molecule has 192 valence electrons. The first-order valence-electron chi connectivity index (χ1n) is 11.5. The minimum absolute atomic E-state index is 0.0242. The first-order chi connectivity index (χ1) is 16.4. The molecule has 0 unspecified atom stereocenters. The third-order valence-electron chi connectivity index (χ3n) is 5.81. The van der Waals surface area contributed by atoms with Crippen molar-refractivity contribution in [3.05, 3.63) is 24.3 Å². The van der Waals surface area contributed by atoms with Crippen LogP contribution in [-0.2, 0) is 27.4 Å². The summed E-state index contributed by atoms with van der Waals surface area (Å²) in [5, 5.41) is 13.9. The van der Waals surface area contributed by atoms with Crippen molar-refractivity contribution in [2.24, 2.45) is 17.8 Å². The van der Waals surface area contributed by atoms with Crippen LogP contribution in [0.2, 0.25) is 0 Å². The monoisotopic (exact) mass is 498 g/mol. The maximum Gasteiger partial charge on any atom is 0.509 e. The summed E-state index contributed by atoms with van der Waals surface area (Å²) in [6.07, 6.45) is 1.69. The SMILES string of the molecule is CC(C)(C)OC(=O)O[C@H](C(=O)Nc1cnn(Cc2cnnn2CC(F)(F)F)c1)C(C1CC1)C1CC1. The summed E-state index contributed by atoms with van der Waals surface area (Å²) in [4.78, 5) is 25.6. The fraction of sp³-hybridized carbons (Fsp3) is 0.682. The molecule has 1 atom stereocenters. The van der Waals surface area contributed by atoms with Crippen LogP contribution in [0.4, 0.5) is 23.7 Å². The van der Waals surface area contributed by atoms with Crippen LogP contribution in [0.25, 0.3) is 0 Å². The summed E-state index contributed by atoms with van der Waals surface area (Å²) in [5.41, 5.74) is -0.230. The van der Waals surface area contributed by atoms with Gasteiger partial charge in [0.15, 0.2) is 6.10 Å². The fourth-order valence-corrected chi connectivity index (χ4v) is 4.12. The second kappa shape index (κ2) is 9.50. The number of hydrogen-bond donors (Lipinski definition) is 1. The van der Waals surface area contributed by atoms with Gasteiger partial charge in [-0.15, -0.1) is 5.10 Å². The Labute approximate surface area is 200 Å². The Hall–Kier alpha value is -3.12. The van der Waals surface area contributed by atoms with E-state index in [0.29, 0.717) is 17.5 Å². The van der Waals surface area contributed by atoms with Gasteiger partial charge in [-0.2, -0.15) is 18.3 Å². The maximum atomic E-state index is 13.2. The summed E-state index contributed by atoms with van der Waals surface area (Å²) in [5.74, 6) is 0.0815. The summed E-state index contributed by atoms with van der Waals surface area (Å²) in [6, 6.07) is 0. The lowest BCUT2D eigenvalue weighted by atomic mass is 9.90. The lowest BCUT2D eigenvalue weighted by molar-refractivity contribution is -0.143.